The van der Waals surface area contributed by atoms with Gasteiger partial charge in [0.1, 0.15) is 10.8 Å². The lowest BCUT2D eigenvalue weighted by atomic mass is 10.1. The number of aromatic nitrogens is 2. The first-order chi connectivity index (χ1) is 8.41. The van der Waals surface area contributed by atoms with Crippen LogP contribution in [0.1, 0.15) is 35.7 Å². The third kappa shape index (κ3) is 1.97. The fourth-order valence-corrected chi connectivity index (χ4v) is 2.13. The second-order valence-corrected chi connectivity index (χ2v) is 4.58. The van der Waals surface area contributed by atoms with E-state index in [4.69, 9.17) is 16.7 Å². The Morgan fingerprint density at radius 2 is 2.17 bits per heavy atom. The number of carboxylic acid groups (broad SMARTS) is 1. The topological polar surface area (TPSA) is 71.7 Å². The number of carbonyl (C=O) groups is 1. The molecule has 0 atom stereocenters. The van der Waals surface area contributed by atoms with E-state index in [1.165, 1.54) is 22.7 Å². The van der Waals surface area contributed by atoms with Crippen LogP contribution in [-0.2, 0) is 0 Å². The van der Waals surface area contributed by atoms with Gasteiger partial charge in [-0.2, -0.15) is 0 Å². The van der Waals surface area contributed by atoms with E-state index in [1.807, 2.05) is 13.8 Å². The van der Waals surface area contributed by atoms with E-state index in [-0.39, 0.29) is 27.8 Å². The molecule has 0 fully saturated rings. The number of hydrogen-bond donors (Lipinski definition) is 1. The molecule has 2 rings (SSSR count). The van der Waals surface area contributed by atoms with Crippen molar-refractivity contribution in [3.63, 3.8) is 0 Å². The minimum Gasteiger partial charge on any atom is -0.478 e. The Balaban J connectivity index is 2.82. The number of rotatable bonds is 2. The zero-order valence-electron chi connectivity index (χ0n) is 9.85. The third-order valence-electron chi connectivity index (χ3n) is 2.64. The zero-order valence-corrected chi connectivity index (χ0v) is 10.6. The van der Waals surface area contributed by atoms with Crippen molar-refractivity contribution in [1.29, 1.82) is 0 Å². The normalized spacial score (nSPS) is 11.1. The Hall–Kier alpha value is -1.88. The smallest absolute Gasteiger partial charge is 0.335 e. The van der Waals surface area contributed by atoms with Crippen molar-refractivity contribution in [2.45, 2.75) is 19.8 Å². The molecule has 0 saturated carbocycles. The maximum atomic E-state index is 12.2. The van der Waals surface area contributed by atoms with Crippen molar-refractivity contribution in [1.82, 2.24) is 9.38 Å². The second kappa shape index (κ2) is 4.42. The SMILES string of the molecule is CC(C)c1c(Cl)nc2cc(C(=O)O)ccn2c1=O. The van der Waals surface area contributed by atoms with E-state index in [1.54, 1.807) is 0 Å². The summed E-state index contributed by atoms with van der Waals surface area (Å²) in [5.41, 5.74) is 0.457. The predicted molar refractivity (Wildman–Crippen MR) is 67.5 cm³/mol. The summed E-state index contributed by atoms with van der Waals surface area (Å²) in [6.45, 7) is 3.70. The van der Waals surface area contributed by atoms with Crippen LogP contribution < -0.4 is 5.56 Å². The fraction of sp³-hybridized carbons (Fsp3) is 0.250. The highest BCUT2D eigenvalue weighted by Gasteiger charge is 2.15. The Labute approximate surface area is 108 Å². The van der Waals surface area contributed by atoms with Crippen LogP contribution in [-0.4, -0.2) is 20.5 Å². The van der Waals surface area contributed by atoms with Crippen molar-refractivity contribution < 1.29 is 9.90 Å². The fourth-order valence-electron chi connectivity index (χ4n) is 1.74. The molecule has 0 aliphatic rings. The average Bonchev–Trinajstić information content (AvgIpc) is 2.27. The highest BCUT2D eigenvalue weighted by atomic mass is 35.5. The lowest BCUT2D eigenvalue weighted by molar-refractivity contribution is 0.0697. The molecule has 2 aromatic heterocycles. The molecule has 0 aromatic carbocycles. The molecule has 2 aromatic rings. The first-order valence-corrected chi connectivity index (χ1v) is 5.74. The number of halogens is 1. The maximum absolute atomic E-state index is 12.2. The van der Waals surface area contributed by atoms with E-state index >= 15 is 0 Å². The molecule has 2 heterocycles. The predicted octanol–water partition coefficient (Wildman–Crippen LogP) is 2.17. The summed E-state index contributed by atoms with van der Waals surface area (Å²) in [6.07, 6.45) is 1.40. The van der Waals surface area contributed by atoms with Crippen LogP contribution in [0.2, 0.25) is 5.15 Å². The van der Waals surface area contributed by atoms with Crippen molar-refractivity contribution in [3.05, 3.63) is 45.0 Å². The largest absolute Gasteiger partial charge is 0.478 e. The van der Waals surface area contributed by atoms with Crippen LogP contribution in [0.5, 0.6) is 0 Å². The molecule has 6 heteroatoms. The average molecular weight is 267 g/mol. The highest BCUT2D eigenvalue weighted by molar-refractivity contribution is 6.30. The van der Waals surface area contributed by atoms with Crippen LogP contribution in [0, 0.1) is 0 Å². The molecular formula is C12H11ClN2O3. The van der Waals surface area contributed by atoms with Gasteiger partial charge < -0.3 is 5.11 Å². The van der Waals surface area contributed by atoms with Crippen LogP contribution in [0.4, 0.5) is 0 Å². The van der Waals surface area contributed by atoms with Gasteiger partial charge in [0, 0.05) is 6.20 Å². The summed E-state index contributed by atoms with van der Waals surface area (Å²) in [5, 5.41) is 9.00. The summed E-state index contributed by atoms with van der Waals surface area (Å²) >= 11 is 5.96. The van der Waals surface area contributed by atoms with Gasteiger partial charge >= 0.3 is 5.97 Å². The summed E-state index contributed by atoms with van der Waals surface area (Å²) in [4.78, 5) is 27.1. The molecule has 0 bridgehead atoms. The molecule has 0 spiro atoms. The van der Waals surface area contributed by atoms with Gasteiger partial charge in [0.2, 0.25) is 0 Å². The van der Waals surface area contributed by atoms with E-state index in [0.29, 0.717) is 5.56 Å². The summed E-state index contributed by atoms with van der Waals surface area (Å²) in [5.74, 6) is -1.12. The Kier molecular flexibility index (Phi) is 3.09. The molecule has 18 heavy (non-hydrogen) atoms. The minimum absolute atomic E-state index is 0.0476. The standard InChI is InChI=1S/C12H11ClN2O3/c1-6(2)9-10(13)14-8-5-7(12(17)18)3-4-15(8)11(9)16/h3-6H,1-2H3,(H,17,18). The number of aromatic carboxylic acids is 1. The van der Waals surface area contributed by atoms with Crippen molar-refractivity contribution in [2.75, 3.05) is 0 Å². The van der Waals surface area contributed by atoms with Crippen molar-refractivity contribution >= 4 is 23.2 Å². The lowest BCUT2D eigenvalue weighted by Gasteiger charge is -2.09. The quantitative estimate of drug-likeness (QED) is 0.846. The molecule has 5 nitrogen and oxygen atoms in total. The van der Waals surface area contributed by atoms with Gasteiger partial charge in [-0.15, -0.1) is 0 Å². The third-order valence-corrected chi connectivity index (χ3v) is 2.93. The van der Waals surface area contributed by atoms with E-state index in [9.17, 15) is 9.59 Å². The van der Waals surface area contributed by atoms with Crippen molar-refractivity contribution in [3.8, 4) is 0 Å². The van der Waals surface area contributed by atoms with E-state index < -0.39 is 5.97 Å². The molecule has 0 aliphatic carbocycles. The Bertz CT molecular complexity index is 692. The first-order valence-electron chi connectivity index (χ1n) is 5.37. The molecule has 94 valence electrons. The van der Waals surface area contributed by atoms with Gasteiger partial charge in [-0.1, -0.05) is 25.4 Å². The Morgan fingerprint density at radius 1 is 1.50 bits per heavy atom. The molecule has 0 saturated heterocycles. The monoisotopic (exact) mass is 266 g/mol. The molecule has 1 N–H and O–H groups in total. The van der Waals surface area contributed by atoms with Crippen molar-refractivity contribution in [2.24, 2.45) is 0 Å². The van der Waals surface area contributed by atoms with Crippen LogP contribution >= 0.6 is 11.6 Å². The van der Waals surface area contributed by atoms with Gasteiger partial charge in [0.05, 0.1) is 11.1 Å². The Morgan fingerprint density at radius 3 is 2.72 bits per heavy atom. The highest BCUT2D eigenvalue weighted by Crippen LogP contribution is 2.19. The molecule has 0 aliphatic heterocycles. The minimum atomic E-state index is -1.07. The number of nitrogens with zero attached hydrogens (tertiary/aromatic N) is 2. The van der Waals surface area contributed by atoms with Crippen LogP contribution in [0.3, 0.4) is 0 Å². The first kappa shape index (κ1) is 12.6. The second-order valence-electron chi connectivity index (χ2n) is 4.22. The van der Waals surface area contributed by atoms with Gasteiger partial charge in [-0.05, 0) is 18.1 Å². The molecule has 0 unspecified atom stereocenters. The van der Waals surface area contributed by atoms with E-state index in [0.717, 1.165) is 0 Å². The summed E-state index contributed by atoms with van der Waals surface area (Å²) in [7, 11) is 0. The number of carboxylic acids is 1. The molecule has 0 amide bonds. The van der Waals surface area contributed by atoms with Crippen LogP contribution in [0.15, 0.2) is 23.1 Å². The van der Waals surface area contributed by atoms with Gasteiger partial charge in [0.25, 0.3) is 5.56 Å². The number of fused-ring (bicyclic) bond motifs is 1. The van der Waals surface area contributed by atoms with Gasteiger partial charge in [0.15, 0.2) is 0 Å². The molecule has 0 radical (unpaired) electrons. The van der Waals surface area contributed by atoms with Crippen LogP contribution in [0.25, 0.3) is 5.65 Å². The van der Waals surface area contributed by atoms with Gasteiger partial charge in [-0.25, -0.2) is 9.78 Å². The summed E-state index contributed by atoms with van der Waals surface area (Å²) < 4.78 is 1.30. The molecular weight excluding hydrogens is 256 g/mol. The number of hydrogen-bond acceptors (Lipinski definition) is 3. The number of pyridine rings is 1. The van der Waals surface area contributed by atoms with Gasteiger partial charge in [-0.3, -0.25) is 9.20 Å². The maximum Gasteiger partial charge on any atom is 0.335 e. The lowest BCUT2D eigenvalue weighted by Crippen LogP contribution is -2.21. The zero-order chi connectivity index (χ0) is 13.4. The summed E-state index contributed by atoms with van der Waals surface area (Å²) in [6, 6.07) is 2.68. The van der Waals surface area contributed by atoms with E-state index in [2.05, 4.69) is 4.98 Å².